The minimum absolute atomic E-state index is 0.142. The molecule has 0 saturated carbocycles. The van der Waals surface area contributed by atoms with Gasteiger partial charge in [-0.2, -0.15) is 0 Å². The van der Waals surface area contributed by atoms with Crippen LogP contribution in [0.5, 0.6) is 5.75 Å². The Morgan fingerprint density at radius 3 is 2.73 bits per heavy atom. The highest BCUT2D eigenvalue weighted by molar-refractivity contribution is 5.96. The lowest BCUT2D eigenvalue weighted by molar-refractivity contribution is -0.119. The molecule has 0 spiro atoms. The highest BCUT2D eigenvalue weighted by Crippen LogP contribution is 2.20. The van der Waals surface area contributed by atoms with E-state index < -0.39 is 6.04 Å². The van der Waals surface area contributed by atoms with Gasteiger partial charge in [-0.05, 0) is 26.0 Å². The molecule has 0 aliphatic heterocycles. The number of hydrogen-bond donors (Lipinski definition) is 2. The van der Waals surface area contributed by atoms with Crippen molar-refractivity contribution in [3.05, 3.63) is 24.3 Å². The molecule has 0 aliphatic carbocycles. The van der Waals surface area contributed by atoms with Gasteiger partial charge in [-0.25, -0.2) is 0 Å². The highest BCUT2D eigenvalue weighted by atomic mass is 16.3. The summed E-state index contributed by atoms with van der Waals surface area (Å²) in [5.41, 5.74) is 6.20. The molecule has 4 nitrogen and oxygen atoms in total. The van der Waals surface area contributed by atoms with Crippen LogP contribution in [0, 0.1) is 0 Å². The predicted molar refractivity (Wildman–Crippen MR) is 59.8 cm³/mol. The lowest BCUT2D eigenvalue weighted by Gasteiger charge is -2.22. The van der Waals surface area contributed by atoms with Gasteiger partial charge in [0.1, 0.15) is 5.75 Å². The van der Waals surface area contributed by atoms with Gasteiger partial charge in [0.05, 0.1) is 6.04 Å². The lowest BCUT2D eigenvalue weighted by Crippen LogP contribution is -2.42. The zero-order chi connectivity index (χ0) is 11.4. The second kappa shape index (κ2) is 4.79. The minimum Gasteiger partial charge on any atom is -0.508 e. The van der Waals surface area contributed by atoms with E-state index >= 15 is 0 Å². The van der Waals surface area contributed by atoms with Gasteiger partial charge in [0.2, 0.25) is 5.91 Å². The van der Waals surface area contributed by atoms with Crippen molar-refractivity contribution in [1.82, 2.24) is 0 Å². The van der Waals surface area contributed by atoms with Gasteiger partial charge < -0.3 is 15.7 Å². The third-order valence-electron chi connectivity index (χ3n) is 2.11. The SMILES string of the molecule is CCN(C(=O)C(C)N)c1cccc(O)c1. The fourth-order valence-electron chi connectivity index (χ4n) is 1.37. The molecule has 1 aromatic carbocycles. The van der Waals surface area contributed by atoms with Crippen molar-refractivity contribution in [2.24, 2.45) is 5.73 Å². The van der Waals surface area contributed by atoms with Crippen molar-refractivity contribution in [3.63, 3.8) is 0 Å². The standard InChI is InChI=1S/C11H16N2O2/c1-3-13(11(15)8(2)12)9-5-4-6-10(14)7-9/h4-8,14H,3,12H2,1-2H3. The van der Waals surface area contributed by atoms with Crippen LogP contribution >= 0.6 is 0 Å². The summed E-state index contributed by atoms with van der Waals surface area (Å²) in [6, 6.07) is 6.04. The van der Waals surface area contributed by atoms with E-state index in [1.165, 1.54) is 0 Å². The van der Waals surface area contributed by atoms with Crippen LogP contribution in [0.3, 0.4) is 0 Å². The maximum atomic E-state index is 11.7. The Bertz CT molecular complexity index is 350. The van der Waals surface area contributed by atoms with Crippen LogP contribution in [0.1, 0.15) is 13.8 Å². The van der Waals surface area contributed by atoms with E-state index in [-0.39, 0.29) is 11.7 Å². The number of amides is 1. The number of rotatable bonds is 3. The molecule has 82 valence electrons. The Morgan fingerprint density at radius 2 is 2.27 bits per heavy atom. The van der Waals surface area contributed by atoms with Crippen molar-refractivity contribution in [2.45, 2.75) is 19.9 Å². The predicted octanol–water partition coefficient (Wildman–Crippen LogP) is 1.09. The Hall–Kier alpha value is -1.55. The minimum atomic E-state index is -0.535. The van der Waals surface area contributed by atoms with Gasteiger partial charge in [0, 0.05) is 18.3 Å². The molecule has 0 aromatic heterocycles. The first kappa shape index (κ1) is 11.5. The lowest BCUT2D eigenvalue weighted by atomic mass is 10.2. The van der Waals surface area contributed by atoms with Crippen LogP contribution in [0.25, 0.3) is 0 Å². The zero-order valence-corrected chi connectivity index (χ0v) is 8.97. The number of likely N-dealkylation sites (N-methyl/N-ethyl adjacent to an activating group) is 1. The first-order valence-corrected chi connectivity index (χ1v) is 4.92. The van der Waals surface area contributed by atoms with Crippen molar-refractivity contribution in [1.29, 1.82) is 0 Å². The molecule has 0 aliphatic rings. The number of nitrogens with zero attached hydrogens (tertiary/aromatic N) is 1. The van der Waals surface area contributed by atoms with Gasteiger partial charge in [-0.3, -0.25) is 4.79 Å². The van der Waals surface area contributed by atoms with Crippen LogP contribution in [0.2, 0.25) is 0 Å². The number of phenols is 1. The summed E-state index contributed by atoms with van der Waals surface area (Å²) in [5.74, 6) is -0.00785. The number of nitrogens with two attached hydrogens (primary N) is 1. The molecule has 0 radical (unpaired) electrons. The molecule has 15 heavy (non-hydrogen) atoms. The van der Waals surface area contributed by atoms with Crippen LogP contribution in [0.15, 0.2) is 24.3 Å². The molecule has 0 fully saturated rings. The van der Waals surface area contributed by atoms with Crippen LogP contribution < -0.4 is 10.6 Å². The number of phenolic OH excluding ortho intramolecular Hbond substituents is 1. The van der Waals surface area contributed by atoms with Gasteiger partial charge in [-0.1, -0.05) is 6.07 Å². The fourth-order valence-corrected chi connectivity index (χ4v) is 1.37. The average Bonchev–Trinajstić information content (AvgIpc) is 2.18. The number of carbonyl (C=O) groups excluding carboxylic acids is 1. The van der Waals surface area contributed by atoms with E-state index in [0.717, 1.165) is 0 Å². The van der Waals surface area contributed by atoms with Crippen molar-refractivity contribution < 1.29 is 9.90 Å². The topological polar surface area (TPSA) is 66.6 Å². The van der Waals surface area contributed by atoms with Gasteiger partial charge >= 0.3 is 0 Å². The average molecular weight is 208 g/mol. The Kier molecular flexibility index (Phi) is 3.68. The zero-order valence-electron chi connectivity index (χ0n) is 8.97. The summed E-state index contributed by atoms with van der Waals surface area (Å²) in [4.78, 5) is 13.3. The normalized spacial score (nSPS) is 12.2. The monoisotopic (exact) mass is 208 g/mol. The van der Waals surface area contributed by atoms with Gasteiger partial charge in [-0.15, -0.1) is 0 Å². The quantitative estimate of drug-likeness (QED) is 0.781. The summed E-state index contributed by atoms with van der Waals surface area (Å²) in [6.07, 6.45) is 0. The van der Waals surface area contributed by atoms with Crippen LogP contribution in [0.4, 0.5) is 5.69 Å². The van der Waals surface area contributed by atoms with Crippen molar-refractivity contribution in [2.75, 3.05) is 11.4 Å². The molecular weight excluding hydrogens is 192 g/mol. The van der Waals surface area contributed by atoms with E-state index in [2.05, 4.69) is 0 Å². The second-order valence-electron chi connectivity index (χ2n) is 3.39. The summed E-state index contributed by atoms with van der Waals surface area (Å²) in [5, 5.41) is 9.31. The smallest absolute Gasteiger partial charge is 0.243 e. The molecule has 1 atom stereocenters. The molecule has 1 aromatic rings. The third-order valence-corrected chi connectivity index (χ3v) is 2.11. The number of benzene rings is 1. The number of anilines is 1. The highest BCUT2D eigenvalue weighted by Gasteiger charge is 2.17. The number of aromatic hydroxyl groups is 1. The molecule has 0 saturated heterocycles. The number of hydrogen-bond acceptors (Lipinski definition) is 3. The van der Waals surface area contributed by atoms with E-state index in [4.69, 9.17) is 5.73 Å². The first-order valence-electron chi connectivity index (χ1n) is 4.92. The summed E-state index contributed by atoms with van der Waals surface area (Å²) in [7, 11) is 0. The van der Waals surface area contributed by atoms with Crippen LogP contribution in [-0.4, -0.2) is 23.6 Å². The fraction of sp³-hybridized carbons (Fsp3) is 0.364. The molecule has 1 unspecified atom stereocenters. The Labute approximate surface area is 89.3 Å². The van der Waals surface area contributed by atoms with E-state index in [1.807, 2.05) is 6.92 Å². The summed E-state index contributed by atoms with van der Waals surface area (Å²) in [6.45, 7) is 4.04. The van der Waals surface area contributed by atoms with Crippen LogP contribution in [-0.2, 0) is 4.79 Å². The molecule has 1 amide bonds. The molecular formula is C11H16N2O2. The molecule has 0 bridgehead atoms. The summed E-state index contributed by atoms with van der Waals surface area (Å²) >= 11 is 0. The van der Waals surface area contributed by atoms with Crippen molar-refractivity contribution in [3.8, 4) is 5.75 Å². The van der Waals surface area contributed by atoms with E-state index in [1.54, 1.807) is 36.1 Å². The maximum Gasteiger partial charge on any atom is 0.243 e. The van der Waals surface area contributed by atoms with Gasteiger partial charge in [0.25, 0.3) is 0 Å². The maximum absolute atomic E-state index is 11.7. The molecule has 0 heterocycles. The van der Waals surface area contributed by atoms with E-state index in [0.29, 0.717) is 12.2 Å². The first-order chi connectivity index (χ1) is 7.06. The molecule has 3 N–H and O–H groups in total. The Balaban J connectivity index is 2.97. The molecule has 1 rings (SSSR count). The molecule has 4 heteroatoms. The third kappa shape index (κ3) is 2.70. The summed E-state index contributed by atoms with van der Waals surface area (Å²) < 4.78 is 0. The van der Waals surface area contributed by atoms with Crippen molar-refractivity contribution >= 4 is 11.6 Å². The largest absolute Gasteiger partial charge is 0.508 e. The second-order valence-corrected chi connectivity index (χ2v) is 3.39. The number of carbonyl (C=O) groups is 1. The van der Waals surface area contributed by atoms with E-state index in [9.17, 15) is 9.90 Å². The Morgan fingerprint density at radius 1 is 1.60 bits per heavy atom. The van der Waals surface area contributed by atoms with Gasteiger partial charge in [0.15, 0.2) is 0 Å².